The Hall–Kier alpha value is -2.14. The first-order valence-corrected chi connectivity index (χ1v) is 7.57. The number of carbonyl (C=O) groups excluding carboxylic acids is 1. The molecule has 5 heteroatoms. The van der Waals surface area contributed by atoms with Gasteiger partial charge in [-0.15, -0.1) is 0 Å². The lowest BCUT2D eigenvalue weighted by molar-refractivity contribution is 0.246. The topological polar surface area (TPSA) is 67.2 Å². The van der Waals surface area contributed by atoms with Crippen LogP contribution < -0.4 is 15.8 Å². The van der Waals surface area contributed by atoms with Gasteiger partial charge in [-0.1, -0.05) is 29.8 Å². The van der Waals surface area contributed by atoms with Crippen molar-refractivity contribution in [3.05, 3.63) is 59.7 Å². The van der Waals surface area contributed by atoms with E-state index in [1.165, 1.54) is 17.5 Å². The maximum atomic E-state index is 11.7. The number of benzene rings is 2. The predicted molar refractivity (Wildman–Crippen MR) is 88.1 cm³/mol. The van der Waals surface area contributed by atoms with Crippen LogP contribution in [0, 0.1) is 6.92 Å². The average Bonchev–Trinajstić information content (AvgIpc) is 2.49. The number of urea groups is 1. The second-order valence-corrected chi connectivity index (χ2v) is 5.64. The molecule has 0 atom stereocenters. The van der Waals surface area contributed by atoms with E-state index in [2.05, 4.69) is 10.0 Å². The lowest BCUT2D eigenvalue weighted by atomic mass is 10.1. The quantitative estimate of drug-likeness (QED) is 0.587. The van der Waals surface area contributed by atoms with E-state index in [1.54, 1.807) is 0 Å². The summed E-state index contributed by atoms with van der Waals surface area (Å²) in [7, 11) is 0. The highest BCUT2D eigenvalue weighted by Gasteiger charge is 2.01. The van der Waals surface area contributed by atoms with E-state index >= 15 is 0 Å². The zero-order valence-electron chi connectivity index (χ0n) is 11.9. The summed E-state index contributed by atoms with van der Waals surface area (Å²) in [6, 6.07) is 15.5. The molecule has 2 amide bonds. The van der Waals surface area contributed by atoms with Crippen molar-refractivity contribution in [2.24, 2.45) is 0 Å². The Morgan fingerprint density at radius 3 is 2.43 bits per heavy atom. The third kappa shape index (κ3) is 5.39. The van der Waals surface area contributed by atoms with Gasteiger partial charge in [0.2, 0.25) is 0 Å². The maximum Gasteiger partial charge on any atom is 0.325 e. The van der Waals surface area contributed by atoms with Crippen LogP contribution in [0.15, 0.2) is 53.4 Å². The Balaban J connectivity index is 1.67. The van der Waals surface area contributed by atoms with Crippen LogP contribution in [0.5, 0.6) is 0 Å². The van der Waals surface area contributed by atoms with E-state index in [9.17, 15) is 4.79 Å². The highest BCUT2D eigenvalue weighted by atomic mass is 32.2. The maximum absolute atomic E-state index is 11.7. The van der Waals surface area contributed by atoms with E-state index < -0.39 is 0 Å². The molecular formula is C16H19N3OS. The van der Waals surface area contributed by atoms with Crippen molar-refractivity contribution in [2.45, 2.75) is 18.2 Å². The molecule has 0 aliphatic carbocycles. The molecule has 2 rings (SSSR count). The van der Waals surface area contributed by atoms with E-state index in [4.69, 9.17) is 5.73 Å². The van der Waals surface area contributed by atoms with Crippen LogP contribution in [0.1, 0.15) is 11.1 Å². The number of hydrogen-bond acceptors (Lipinski definition) is 3. The van der Waals surface area contributed by atoms with Crippen LogP contribution in [0.2, 0.25) is 0 Å². The van der Waals surface area contributed by atoms with Crippen molar-refractivity contribution < 1.29 is 4.79 Å². The molecule has 0 radical (unpaired) electrons. The zero-order valence-corrected chi connectivity index (χ0v) is 12.7. The van der Waals surface area contributed by atoms with Gasteiger partial charge in [0.15, 0.2) is 0 Å². The molecule has 0 saturated carbocycles. The van der Waals surface area contributed by atoms with E-state index in [0.717, 1.165) is 22.6 Å². The monoisotopic (exact) mass is 301 g/mol. The fraction of sp³-hybridized carbons (Fsp3) is 0.188. The van der Waals surface area contributed by atoms with Gasteiger partial charge in [-0.05, 0) is 55.1 Å². The summed E-state index contributed by atoms with van der Waals surface area (Å²) in [6.45, 7) is 2.62. The minimum atomic E-state index is -0.184. The fourth-order valence-corrected chi connectivity index (χ4v) is 2.31. The minimum absolute atomic E-state index is 0.184. The number of nitrogens with one attached hydrogen (secondary N) is 2. The second-order valence-electron chi connectivity index (χ2n) is 4.76. The smallest absolute Gasteiger partial charge is 0.325 e. The number of rotatable bonds is 5. The Morgan fingerprint density at radius 1 is 1.10 bits per heavy atom. The Kier molecular flexibility index (Phi) is 5.51. The minimum Gasteiger partial charge on any atom is -0.399 e. The summed E-state index contributed by atoms with van der Waals surface area (Å²) >= 11 is 1.31. The van der Waals surface area contributed by atoms with Crippen molar-refractivity contribution >= 4 is 23.7 Å². The molecule has 0 fully saturated rings. The van der Waals surface area contributed by atoms with Crippen LogP contribution in [0.25, 0.3) is 0 Å². The molecule has 0 aliphatic rings. The van der Waals surface area contributed by atoms with Crippen molar-refractivity contribution in [1.29, 1.82) is 0 Å². The lowest BCUT2D eigenvalue weighted by Crippen LogP contribution is -2.32. The number of nitrogens with two attached hydrogens (primary N) is 1. The molecule has 0 aromatic heterocycles. The molecule has 2 aromatic rings. The van der Waals surface area contributed by atoms with Crippen LogP contribution in [0.3, 0.4) is 0 Å². The van der Waals surface area contributed by atoms with Gasteiger partial charge in [0.1, 0.15) is 0 Å². The predicted octanol–water partition coefficient (Wildman–Crippen LogP) is 3.13. The van der Waals surface area contributed by atoms with E-state index in [1.807, 2.05) is 55.5 Å². The Labute approximate surface area is 129 Å². The Morgan fingerprint density at radius 2 is 1.76 bits per heavy atom. The zero-order chi connectivity index (χ0) is 15.1. The number of anilines is 1. The third-order valence-corrected chi connectivity index (χ3v) is 3.76. The first-order chi connectivity index (χ1) is 10.1. The molecule has 21 heavy (non-hydrogen) atoms. The molecule has 0 spiro atoms. The molecule has 2 aromatic carbocycles. The van der Waals surface area contributed by atoms with Crippen molar-refractivity contribution in [1.82, 2.24) is 10.0 Å². The van der Waals surface area contributed by atoms with Gasteiger partial charge in [-0.25, -0.2) is 4.79 Å². The van der Waals surface area contributed by atoms with Crippen LogP contribution in [-0.2, 0) is 6.42 Å². The van der Waals surface area contributed by atoms with Crippen LogP contribution in [-0.4, -0.2) is 12.6 Å². The number of aryl methyl sites for hydroxylation is 1. The Bertz CT molecular complexity index is 581. The summed E-state index contributed by atoms with van der Waals surface area (Å²) in [4.78, 5) is 12.7. The lowest BCUT2D eigenvalue weighted by Gasteiger charge is -2.07. The van der Waals surface area contributed by atoms with E-state index in [0.29, 0.717) is 6.54 Å². The molecule has 0 bridgehead atoms. The normalized spacial score (nSPS) is 10.1. The second kappa shape index (κ2) is 7.59. The first kappa shape index (κ1) is 15.3. The van der Waals surface area contributed by atoms with Crippen molar-refractivity contribution in [3.63, 3.8) is 0 Å². The molecule has 0 unspecified atom stereocenters. The summed E-state index contributed by atoms with van der Waals surface area (Å²) in [5.74, 6) is 0. The molecule has 0 saturated heterocycles. The van der Waals surface area contributed by atoms with Crippen LogP contribution >= 0.6 is 11.9 Å². The molecule has 110 valence electrons. The molecule has 0 heterocycles. The molecule has 4 N–H and O–H groups in total. The van der Waals surface area contributed by atoms with Gasteiger partial charge < -0.3 is 11.1 Å². The van der Waals surface area contributed by atoms with Crippen molar-refractivity contribution in [3.8, 4) is 0 Å². The van der Waals surface area contributed by atoms with E-state index in [-0.39, 0.29) is 6.03 Å². The summed E-state index contributed by atoms with van der Waals surface area (Å²) in [6.07, 6.45) is 0.781. The average molecular weight is 301 g/mol. The third-order valence-electron chi connectivity index (χ3n) is 2.96. The number of nitrogen functional groups attached to an aromatic ring is 1. The number of amides is 2. The first-order valence-electron chi connectivity index (χ1n) is 6.75. The SMILES string of the molecule is Cc1ccc(SNC(=O)NCCc2ccc(N)cc2)cc1. The highest BCUT2D eigenvalue weighted by molar-refractivity contribution is 7.98. The van der Waals surface area contributed by atoms with Gasteiger partial charge in [0, 0.05) is 17.1 Å². The number of hydrogen-bond donors (Lipinski definition) is 3. The molecule has 0 aliphatic heterocycles. The largest absolute Gasteiger partial charge is 0.399 e. The van der Waals surface area contributed by atoms with Crippen LogP contribution in [0.4, 0.5) is 10.5 Å². The van der Waals surface area contributed by atoms with Gasteiger partial charge in [0.05, 0.1) is 0 Å². The standard InChI is InChI=1S/C16H19N3OS/c1-12-2-8-15(9-3-12)21-19-16(20)18-11-10-13-4-6-14(17)7-5-13/h2-9H,10-11,17H2,1H3,(H2,18,19,20). The summed E-state index contributed by atoms with van der Waals surface area (Å²) < 4.78 is 2.76. The van der Waals surface area contributed by atoms with Gasteiger partial charge in [-0.2, -0.15) is 0 Å². The van der Waals surface area contributed by atoms with Gasteiger partial charge >= 0.3 is 6.03 Å². The highest BCUT2D eigenvalue weighted by Crippen LogP contribution is 2.14. The van der Waals surface area contributed by atoms with Gasteiger partial charge in [0.25, 0.3) is 0 Å². The number of carbonyl (C=O) groups is 1. The van der Waals surface area contributed by atoms with Crippen molar-refractivity contribution in [2.75, 3.05) is 12.3 Å². The summed E-state index contributed by atoms with van der Waals surface area (Å²) in [5.41, 5.74) is 8.72. The molecule has 4 nitrogen and oxygen atoms in total. The summed E-state index contributed by atoms with van der Waals surface area (Å²) in [5, 5.41) is 2.83. The fourth-order valence-electron chi connectivity index (χ4n) is 1.75. The van der Waals surface area contributed by atoms with Gasteiger partial charge in [-0.3, -0.25) is 4.72 Å². The molecular weight excluding hydrogens is 282 g/mol.